The number of rotatable bonds is 2. The van der Waals surface area contributed by atoms with Crippen LogP contribution in [0.2, 0.25) is 0 Å². The Morgan fingerprint density at radius 2 is 2.25 bits per heavy atom. The van der Waals surface area contributed by atoms with Crippen molar-refractivity contribution >= 4 is 34.2 Å². The molecule has 0 heterocycles. The molecular weight excluding hydrogens is 242 g/mol. The number of nitrogens with zero attached hydrogens (tertiary/aromatic N) is 1. The Labute approximate surface area is 83.5 Å². The molecule has 0 bridgehead atoms. The topological polar surface area (TPSA) is 43.1 Å². The van der Waals surface area contributed by atoms with Crippen LogP contribution in [0.3, 0.4) is 0 Å². The average molecular weight is 248 g/mol. The highest BCUT2D eigenvalue weighted by Crippen LogP contribution is 2.23. The van der Waals surface area contributed by atoms with Gasteiger partial charge in [-0.25, -0.2) is 0 Å². The van der Waals surface area contributed by atoms with Crippen molar-refractivity contribution in [2.45, 2.75) is 5.75 Å². The van der Waals surface area contributed by atoms with E-state index in [9.17, 15) is 10.1 Å². The van der Waals surface area contributed by atoms with Crippen molar-refractivity contribution < 1.29 is 4.92 Å². The molecule has 0 fully saturated rings. The van der Waals surface area contributed by atoms with Crippen LogP contribution in [0, 0.1) is 10.1 Å². The molecule has 1 rings (SSSR count). The lowest BCUT2D eigenvalue weighted by Crippen LogP contribution is -1.89. The summed E-state index contributed by atoms with van der Waals surface area (Å²) in [5.41, 5.74) is 1.04. The van der Waals surface area contributed by atoms with Gasteiger partial charge < -0.3 is 0 Å². The first-order chi connectivity index (χ1) is 5.65. The lowest BCUT2D eigenvalue weighted by Gasteiger charge is -1.98. The molecule has 0 aliphatic carbocycles. The predicted molar refractivity (Wildman–Crippen MR) is 53.5 cm³/mol. The lowest BCUT2D eigenvalue weighted by atomic mass is 10.2. The number of non-ortho nitro benzene ring substituents is 1. The normalized spacial score (nSPS) is 9.83. The molecule has 5 heteroatoms. The van der Waals surface area contributed by atoms with Crippen molar-refractivity contribution in [1.29, 1.82) is 0 Å². The molecule has 0 aromatic heterocycles. The van der Waals surface area contributed by atoms with Crippen molar-refractivity contribution in [1.82, 2.24) is 0 Å². The molecule has 0 atom stereocenters. The van der Waals surface area contributed by atoms with E-state index in [0.29, 0.717) is 5.75 Å². The molecule has 12 heavy (non-hydrogen) atoms. The number of nitro groups is 1. The minimum atomic E-state index is -0.424. The van der Waals surface area contributed by atoms with Gasteiger partial charge in [0.15, 0.2) is 0 Å². The van der Waals surface area contributed by atoms with E-state index in [1.54, 1.807) is 6.07 Å². The molecule has 3 nitrogen and oxygen atoms in total. The molecule has 0 spiro atoms. The van der Waals surface area contributed by atoms with Gasteiger partial charge >= 0.3 is 0 Å². The standard InChI is InChI=1S/C7H6BrNO2S/c8-7-3-6(9(10)11)2-1-5(7)4-12/h1-3,12H,4H2. The molecule has 0 amide bonds. The van der Waals surface area contributed by atoms with E-state index in [-0.39, 0.29) is 5.69 Å². The summed E-state index contributed by atoms with van der Waals surface area (Å²) in [4.78, 5) is 9.89. The van der Waals surface area contributed by atoms with Crippen LogP contribution >= 0.6 is 28.6 Å². The third kappa shape index (κ3) is 1.98. The molecule has 0 aliphatic rings. The van der Waals surface area contributed by atoms with E-state index in [1.165, 1.54) is 12.1 Å². The summed E-state index contributed by atoms with van der Waals surface area (Å²) in [5, 5.41) is 10.3. The summed E-state index contributed by atoms with van der Waals surface area (Å²) < 4.78 is 0.728. The number of nitro benzene ring substituents is 1. The highest BCUT2D eigenvalue weighted by atomic mass is 79.9. The second-order valence-corrected chi connectivity index (χ2v) is 3.36. The van der Waals surface area contributed by atoms with Gasteiger partial charge in [-0.15, -0.1) is 0 Å². The highest BCUT2D eigenvalue weighted by Gasteiger charge is 2.07. The van der Waals surface area contributed by atoms with E-state index in [2.05, 4.69) is 28.6 Å². The minimum absolute atomic E-state index is 0.0902. The van der Waals surface area contributed by atoms with Crippen molar-refractivity contribution in [3.05, 3.63) is 38.3 Å². The second kappa shape index (κ2) is 3.91. The van der Waals surface area contributed by atoms with Gasteiger partial charge in [-0.05, 0) is 5.56 Å². The third-order valence-corrected chi connectivity index (χ3v) is 2.50. The smallest absolute Gasteiger partial charge is 0.258 e. The van der Waals surface area contributed by atoms with Crippen LogP contribution in [0.4, 0.5) is 5.69 Å². The number of halogens is 1. The van der Waals surface area contributed by atoms with Crippen molar-refractivity contribution in [2.24, 2.45) is 0 Å². The van der Waals surface area contributed by atoms with Gasteiger partial charge in [0.25, 0.3) is 5.69 Å². The van der Waals surface area contributed by atoms with Gasteiger partial charge in [-0.2, -0.15) is 12.6 Å². The largest absolute Gasteiger partial charge is 0.270 e. The Hall–Kier alpha value is -0.550. The summed E-state index contributed by atoms with van der Waals surface area (Å²) in [6.07, 6.45) is 0. The van der Waals surface area contributed by atoms with Crippen LogP contribution in [0.15, 0.2) is 22.7 Å². The zero-order chi connectivity index (χ0) is 9.14. The van der Waals surface area contributed by atoms with Crippen LogP contribution in [0.1, 0.15) is 5.56 Å². The predicted octanol–water partition coefficient (Wildman–Crippen LogP) is 2.79. The van der Waals surface area contributed by atoms with E-state index >= 15 is 0 Å². The van der Waals surface area contributed by atoms with Crippen molar-refractivity contribution in [2.75, 3.05) is 0 Å². The van der Waals surface area contributed by atoms with Gasteiger partial charge in [-0.3, -0.25) is 10.1 Å². The molecule has 0 unspecified atom stereocenters. The van der Waals surface area contributed by atoms with E-state index in [4.69, 9.17) is 0 Å². The SMILES string of the molecule is O=[N+]([O-])c1ccc(CS)c(Br)c1. The summed E-state index contributed by atoms with van der Waals surface area (Å²) in [6.45, 7) is 0. The summed E-state index contributed by atoms with van der Waals surface area (Å²) >= 11 is 7.29. The van der Waals surface area contributed by atoms with Crippen LogP contribution in [0.25, 0.3) is 0 Å². The molecule has 0 saturated heterocycles. The molecule has 0 saturated carbocycles. The Kier molecular flexibility index (Phi) is 3.11. The maximum Gasteiger partial charge on any atom is 0.270 e. The summed E-state index contributed by atoms with van der Waals surface area (Å²) in [5.74, 6) is 0.568. The van der Waals surface area contributed by atoms with Gasteiger partial charge in [0.1, 0.15) is 0 Å². The molecule has 0 radical (unpaired) electrons. The Morgan fingerprint density at radius 1 is 1.58 bits per heavy atom. The summed E-state index contributed by atoms with van der Waals surface area (Å²) in [7, 11) is 0. The molecular formula is C7H6BrNO2S. The van der Waals surface area contributed by atoms with E-state index in [0.717, 1.165) is 10.0 Å². The lowest BCUT2D eigenvalue weighted by molar-refractivity contribution is -0.384. The maximum atomic E-state index is 10.3. The summed E-state index contributed by atoms with van der Waals surface area (Å²) in [6, 6.07) is 4.64. The quantitative estimate of drug-likeness (QED) is 0.496. The average Bonchev–Trinajstić information content (AvgIpc) is 2.04. The fourth-order valence-electron chi connectivity index (χ4n) is 0.778. The minimum Gasteiger partial charge on any atom is -0.258 e. The Morgan fingerprint density at radius 3 is 2.67 bits per heavy atom. The fourth-order valence-corrected chi connectivity index (χ4v) is 1.78. The monoisotopic (exact) mass is 247 g/mol. The number of hydrogen-bond donors (Lipinski definition) is 1. The molecule has 1 aromatic rings. The van der Waals surface area contributed by atoms with Gasteiger partial charge in [0.2, 0.25) is 0 Å². The highest BCUT2D eigenvalue weighted by molar-refractivity contribution is 9.10. The number of hydrogen-bond acceptors (Lipinski definition) is 3. The van der Waals surface area contributed by atoms with Crippen molar-refractivity contribution in [3.8, 4) is 0 Å². The van der Waals surface area contributed by atoms with Gasteiger partial charge in [0.05, 0.1) is 4.92 Å². The first-order valence-electron chi connectivity index (χ1n) is 3.19. The fraction of sp³-hybridized carbons (Fsp3) is 0.143. The first kappa shape index (κ1) is 9.54. The van der Waals surface area contributed by atoms with Gasteiger partial charge in [-0.1, -0.05) is 22.0 Å². The van der Waals surface area contributed by atoms with E-state index in [1.807, 2.05) is 0 Å². The Balaban J connectivity index is 3.10. The number of thiol groups is 1. The molecule has 64 valence electrons. The third-order valence-electron chi connectivity index (χ3n) is 1.42. The van der Waals surface area contributed by atoms with Crippen LogP contribution < -0.4 is 0 Å². The van der Waals surface area contributed by atoms with Gasteiger partial charge in [0, 0.05) is 22.4 Å². The first-order valence-corrected chi connectivity index (χ1v) is 4.61. The molecule has 0 aliphatic heterocycles. The van der Waals surface area contributed by atoms with E-state index < -0.39 is 4.92 Å². The molecule has 1 aromatic carbocycles. The zero-order valence-corrected chi connectivity index (χ0v) is 8.51. The number of benzene rings is 1. The van der Waals surface area contributed by atoms with Crippen LogP contribution in [-0.4, -0.2) is 4.92 Å². The maximum absolute atomic E-state index is 10.3. The zero-order valence-electron chi connectivity index (χ0n) is 6.03. The van der Waals surface area contributed by atoms with Crippen molar-refractivity contribution in [3.63, 3.8) is 0 Å². The molecule has 0 N–H and O–H groups in total. The Bertz CT molecular complexity index is 316. The second-order valence-electron chi connectivity index (χ2n) is 2.19. The van der Waals surface area contributed by atoms with Crippen LogP contribution in [-0.2, 0) is 5.75 Å². The van der Waals surface area contributed by atoms with Crippen LogP contribution in [0.5, 0.6) is 0 Å².